The van der Waals surface area contributed by atoms with Crippen molar-refractivity contribution in [1.82, 2.24) is 10.2 Å². The highest BCUT2D eigenvalue weighted by molar-refractivity contribution is 6.03. The fourth-order valence-corrected chi connectivity index (χ4v) is 4.56. The number of rotatable bonds is 5. The second kappa shape index (κ2) is 7.98. The van der Waals surface area contributed by atoms with E-state index in [1.165, 1.54) is 11.1 Å². The van der Waals surface area contributed by atoms with Crippen LogP contribution in [0.15, 0.2) is 42.5 Å². The summed E-state index contributed by atoms with van der Waals surface area (Å²) in [7, 11) is 0. The molecule has 31 heavy (non-hydrogen) atoms. The van der Waals surface area contributed by atoms with E-state index in [0.29, 0.717) is 23.5 Å². The third-order valence-electron chi connectivity index (χ3n) is 6.55. The van der Waals surface area contributed by atoms with Crippen LogP contribution in [0.3, 0.4) is 0 Å². The molecule has 2 heterocycles. The first-order chi connectivity index (χ1) is 15.0. The molecular formula is C24H27N3O4. The van der Waals surface area contributed by atoms with Crippen molar-refractivity contribution in [2.24, 2.45) is 0 Å². The number of anilines is 1. The molecule has 162 valence electrons. The summed E-state index contributed by atoms with van der Waals surface area (Å²) in [5.74, 6) is 0.174. The molecule has 0 aromatic heterocycles. The van der Waals surface area contributed by atoms with Crippen LogP contribution >= 0.6 is 0 Å². The molecule has 0 unspecified atom stereocenters. The molecule has 1 saturated carbocycles. The highest BCUT2D eigenvalue weighted by Gasteiger charge is 2.49. The Labute approximate surface area is 181 Å². The van der Waals surface area contributed by atoms with Crippen LogP contribution in [0, 0.1) is 0 Å². The third-order valence-corrected chi connectivity index (χ3v) is 6.55. The molecule has 2 aromatic rings. The van der Waals surface area contributed by atoms with Crippen LogP contribution < -0.4 is 15.4 Å². The van der Waals surface area contributed by atoms with E-state index in [1.54, 1.807) is 18.2 Å². The second-order valence-corrected chi connectivity index (χ2v) is 8.73. The van der Waals surface area contributed by atoms with Crippen LogP contribution in [-0.2, 0) is 17.8 Å². The molecule has 5 rings (SSSR count). The van der Waals surface area contributed by atoms with E-state index in [-0.39, 0.29) is 18.4 Å². The molecule has 0 bridgehead atoms. The first-order valence-electron chi connectivity index (χ1n) is 10.9. The fraction of sp³-hybridized carbons (Fsp3) is 0.417. The summed E-state index contributed by atoms with van der Waals surface area (Å²) in [5, 5.41) is 16.1. The van der Waals surface area contributed by atoms with Gasteiger partial charge in [-0.2, -0.15) is 0 Å². The number of ether oxygens (including phenoxy) is 1. The van der Waals surface area contributed by atoms with E-state index in [0.717, 1.165) is 38.8 Å². The monoisotopic (exact) mass is 421 g/mol. The number of β-amino-alcohol motifs (C(OH)–C–C–N with tert-alkyl or cyclic N) is 1. The predicted molar refractivity (Wildman–Crippen MR) is 116 cm³/mol. The zero-order valence-corrected chi connectivity index (χ0v) is 17.4. The van der Waals surface area contributed by atoms with Crippen molar-refractivity contribution in [2.45, 2.75) is 43.9 Å². The number of aliphatic hydroxyl groups is 1. The topological polar surface area (TPSA) is 90.9 Å². The van der Waals surface area contributed by atoms with Gasteiger partial charge in [-0.25, -0.2) is 0 Å². The number of hydrogen-bond acceptors (Lipinski definition) is 5. The quantitative estimate of drug-likeness (QED) is 0.688. The normalized spacial score (nSPS) is 20.0. The Kier molecular flexibility index (Phi) is 5.16. The van der Waals surface area contributed by atoms with Crippen LogP contribution in [-0.4, -0.2) is 53.2 Å². The zero-order valence-electron chi connectivity index (χ0n) is 17.4. The lowest BCUT2D eigenvalue weighted by Crippen LogP contribution is -2.55. The molecule has 0 saturated heterocycles. The number of carbonyl (C=O) groups is 2. The van der Waals surface area contributed by atoms with E-state index in [9.17, 15) is 14.7 Å². The number of benzene rings is 2. The molecule has 1 atom stereocenters. The molecule has 2 aliphatic heterocycles. The molecule has 1 aliphatic carbocycles. The van der Waals surface area contributed by atoms with E-state index in [1.807, 2.05) is 6.07 Å². The third kappa shape index (κ3) is 3.91. The predicted octanol–water partition coefficient (Wildman–Crippen LogP) is 2.09. The van der Waals surface area contributed by atoms with Gasteiger partial charge < -0.3 is 20.5 Å². The lowest BCUT2D eigenvalue weighted by molar-refractivity contribution is -0.139. The Morgan fingerprint density at radius 3 is 2.81 bits per heavy atom. The summed E-state index contributed by atoms with van der Waals surface area (Å²) in [4.78, 5) is 27.1. The van der Waals surface area contributed by atoms with E-state index >= 15 is 0 Å². The van der Waals surface area contributed by atoms with Crippen molar-refractivity contribution >= 4 is 17.5 Å². The summed E-state index contributed by atoms with van der Waals surface area (Å²) in [6.45, 7) is 2.38. The highest BCUT2D eigenvalue weighted by atomic mass is 16.5. The molecule has 1 spiro atoms. The van der Waals surface area contributed by atoms with E-state index in [4.69, 9.17) is 4.74 Å². The van der Waals surface area contributed by atoms with Gasteiger partial charge in [0.1, 0.15) is 5.75 Å². The smallest absolute Gasteiger partial charge is 0.268 e. The van der Waals surface area contributed by atoms with Crippen molar-refractivity contribution in [3.63, 3.8) is 0 Å². The number of aliphatic hydroxyl groups excluding tert-OH is 1. The van der Waals surface area contributed by atoms with Gasteiger partial charge in [-0.3, -0.25) is 14.5 Å². The van der Waals surface area contributed by atoms with Crippen molar-refractivity contribution in [2.75, 3.05) is 25.0 Å². The molecule has 3 aliphatic rings. The minimum absolute atomic E-state index is 0.137. The molecule has 2 aromatic carbocycles. The minimum Gasteiger partial charge on any atom is -0.475 e. The van der Waals surface area contributed by atoms with Crippen molar-refractivity contribution in [3.05, 3.63) is 59.2 Å². The van der Waals surface area contributed by atoms with Crippen LogP contribution in [0.1, 0.15) is 40.7 Å². The lowest BCUT2D eigenvalue weighted by atomic mass is 9.78. The van der Waals surface area contributed by atoms with Crippen LogP contribution in [0.4, 0.5) is 5.69 Å². The number of amides is 2. The first kappa shape index (κ1) is 20.0. The standard InChI is InChI=1S/C24H27N3O4/c28-19(15-27-11-8-16-4-1-2-5-18(16)14-27)13-25-22(29)17-6-7-21-20(12-17)26-23(30)24(31-21)9-3-10-24/h1-2,4-7,12,19,28H,3,8-11,13-15H2,(H,25,29)(H,26,30)/t19-/m0/s1. The summed E-state index contributed by atoms with van der Waals surface area (Å²) < 4.78 is 5.92. The van der Waals surface area contributed by atoms with Gasteiger partial charge in [-0.15, -0.1) is 0 Å². The number of carbonyl (C=O) groups excluding carboxylic acids is 2. The highest BCUT2D eigenvalue weighted by Crippen LogP contribution is 2.43. The number of hydrogen-bond donors (Lipinski definition) is 3. The summed E-state index contributed by atoms with van der Waals surface area (Å²) in [6, 6.07) is 13.4. The van der Waals surface area contributed by atoms with Gasteiger partial charge in [0.15, 0.2) is 5.60 Å². The Morgan fingerprint density at radius 2 is 2.03 bits per heavy atom. The number of fused-ring (bicyclic) bond motifs is 2. The van der Waals surface area contributed by atoms with Gasteiger partial charge in [0, 0.05) is 31.7 Å². The van der Waals surface area contributed by atoms with Gasteiger partial charge in [-0.05, 0) is 55.0 Å². The second-order valence-electron chi connectivity index (χ2n) is 8.73. The average molecular weight is 421 g/mol. The van der Waals surface area contributed by atoms with Gasteiger partial charge in [0.05, 0.1) is 11.8 Å². The molecule has 7 nitrogen and oxygen atoms in total. The lowest BCUT2D eigenvalue weighted by Gasteiger charge is -2.43. The molecule has 3 N–H and O–H groups in total. The van der Waals surface area contributed by atoms with Crippen LogP contribution in [0.2, 0.25) is 0 Å². The minimum atomic E-state index is -0.726. The summed E-state index contributed by atoms with van der Waals surface area (Å²) in [6.07, 6.45) is 2.74. The number of nitrogens with one attached hydrogen (secondary N) is 2. The SMILES string of the molecule is O=C(NC[C@H](O)CN1CCc2ccccc2C1)c1ccc2c(c1)NC(=O)C1(CCC1)O2. The molecule has 1 fully saturated rings. The van der Waals surface area contributed by atoms with Gasteiger partial charge >= 0.3 is 0 Å². The maximum atomic E-state index is 12.6. The molecular weight excluding hydrogens is 394 g/mol. The van der Waals surface area contributed by atoms with Gasteiger partial charge in [0.25, 0.3) is 11.8 Å². The Bertz CT molecular complexity index is 1020. The molecule has 2 amide bonds. The maximum absolute atomic E-state index is 12.6. The Morgan fingerprint density at radius 1 is 1.23 bits per heavy atom. The van der Waals surface area contributed by atoms with Crippen LogP contribution in [0.25, 0.3) is 0 Å². The van der Waals surface area contributed by atoms with Crippen molar-refractivity contribution < 1.29 is 19.4 Å². The summed E-state index contributed by atoms with van der Waals surface area (Å²) in [5.41, 5.74) is 2.88. The van der Waals surface area contributed by atoms with Gasteiger partial charge in [-0.1, -0.05) is 24.3 Å². The fourth-order valence-electron chi connectivity index (χ4n) is 4.56. The van der Waals surface area contributed by atoms with Crippen LogP contribution in [0.5, 0.6) is 5.75 Å². The van der Waals surface area contributed by atoms with E-state index in [2.05, 4.69) is 33.7 Å². The number of nitrogens with zero attached hydrogens (tertiary/aromatic N) is 1. The zero-order chi connectivity index (χ0) is 21.4. The average Bonchev–Trinajstić information content (AvgIpc) is 2.75. The molecule has 0 radical (unpaired) electrons. The first-order valence-corrected chi connectivity index (χ1v) is 10.9. The largest absolute Gasteiger partial charge is 0.475 e. The van der Waals surface area contributed by atoms with Gasteiger partial charge in [0.2, 0.25) is 0 Å². The Balaban J connectivity index is 1.15. The van der Waals surface area contributed by atoms with E-state index < -0.39 is 11.7 Å². The maximum Gasteiger partial charge on any atom is 0.268 e. The Hall–Kier alpha value is -2.90. The van der Waals surface area contributed by atoms with Crippen molar-refractivity contribution in [1.29, 1.82) is 0 Å². The van der Waals surface area contributed by atoms with Crippen molar-refractivity contribution in [3.8, 4) is 5.75 Å². The molecule has 7 heteroatoms. The summed E-state index contributed by atoms with van der Waals surface area (Å²) >= 11 is 0.